The van der Waals surface area contributed by atoms with Gasteiger partial charge in [0, 0.05) is 0 Å². The third-order valence-corrected chi connectivity index (χ3v) is 3.87. The van der Waals surface area contributed by atoms with Crippen LogP contribution in [0.4, 0.5) is 0 Å². The van der Waals surface area contributed by atoms with Crippen LogP contribution in [0.25, 0.3) is 0 Å². The molecule has 2 rings (SSSR count). The highest BCUT2D eigenvalue weighted by molar-refractivity contribution is 5.35. The van der Waals surface area contributed by atoms with E-state index in [-0.39, 0.29) is 0 Å². The van der Waals surface area contributed by atoms with Gasteiger partial charge in [-0.1, -0.05) is 32.0 Å². The molecule has 0 radical (unpaired) electrons. The topological polar surface area (TPSA) is 22.9 Å². The first kappa shape index (κ1) is 15.3. The minimum atomic E-state index is 0.358. The van der Waals surface area contributed by atoms with Crippen molar-refractivity contribution in [2.45, 2.75) is 45.8 Å². The summed E-state index contributed by atoms with van der Waals surface area (Å²) < 4.78 is 11.8. The summed E-state index contributed by atoms with van der Waals surface area (Å²) in [5, 5.41) is 0. The van der Waals surface area contributed by atoms with E-state index in [2.05, 4.69) is 45.9 Å². The predicted molar refractivity (Wildman–Crippen MR) is 81.6 cm³/mol. The summed E-state index contributed by atoms with van der Waals surface area (Å²) in [7, 11) is 0. The van der Waals surface area contributed by atoms with Crippen LogP contribution < -0.4 is 9.64 Å². The summed E-state index contributed by atoms with van der Waals surface area (Å²) in [5.41, 5.74) is 1.30. The summed E-state index contributed by atoms with van der Waals surface area (Å²) in [6.07, 6.45) is 0.716. The van der Waals surface area contributed by atoms with Crippen LogP contribution >= 0.6 is 0 Å². The standard InChI is InChI=1S/C17H27NO2/c1-13(2)16-7-5-6-8-17(16)19-10-9-18-11-14(3)20-15(4)12-18/h5-8,13-15H,9-12H2,1-4H3/p+1/t14-,15+. The molecular formula is C17H28NO2+. The van der Waals surface area contributed by atoms with Crippen LogP contribution in [0.5, 0.6) is 5.75 Å². The van der Waals surface area contributed by atoms with Gasteiger partial charge in [0.15, 0.2) is 0 Å². The molecule has 112 valence electrons. The van der Waals surface area contributed by atoms with Crippen LogP contribution in [0.3, 0.4) is 0 Å². The summed E-state index contributed by atoms with van der Waals surface area (Å²) in [5.74, 6) is 1.54. The molecule has 1 aromatic carbocycles. The van der Waals surface area contributed by atoms with E-state index in [1.165, 1.54) is 5.56 Å². The fraction of sp³-hybridized carbons (Fsp3) is 0.647. The van der Waals surface area contributed by atoms with Crippen molar-refractivity contribution in [2.24, 2.45) is 0 Å². The van der Waals surface area contributed by atoms with Crippen molar-refractivity contribution in [3.8, 4) is 5.75 Å². The average molecular weight is 278 g/mol. The molecule has 1 heterocycles. The highest BCUT2D eigenvalue weighted by atomic mass is 16.5. The maximum absolute atomic E-state index is 6.01. The molecule has 1 fully saturated rings. The Morgan fingerprint density at radius 2 is 1.85 bits per heavy atom. The van der Waals surface area contributed by atoms with E-state index >= 15 is 0 Å². The van der Waals surface area contributed by atoms with Crippen molar-refractivity contribution in [1.29, 1.82) is 0 Å². The molecule has 3 atom stereocenters. The highest BCUT2D eigenvalue weighted by Crippen LogP contribution is 2.25. The van der Waals surface area contributed by atoms with Crippen LogP contribution in [0, 0.1) is 0 Å². The number of morpholine rings is 1. The Balaban J connectivity index is 1.84. The Bertz CT molecular complexity index is 409. The van der Waals surface area contributed by atoms with Crippen LogP contribution in [-0.4, -0.2) is 38.4 Å². The van der Waals surface area contributed by atoms with Crippen molar-refractivity contribution in [2.75, 3.05) is 26.2 Å². The third-order valence-electron chi connectivity index (χ3n) is 3.87. The van der Waals surface area contributed by atoms with Gasteiger partial charge in [0.05, 0.1) is 0 Å². The van der Waals surface area contributed by atoms with Crippen LogP contribution in [-0.2, 0) is 4.74 Å². The molecule has 0 aromatic heterocycles. The second-order valence-electron chi connectivity index (χ2n) is 6.21. The molecule has 1 aliphatic rings. The smallest absolute Gasteiger partial charge is 0.137 e. The lowest BCUT2D eigenvalue weighted by molar-refractivity contribution is -0.915. The van der Waals surface area contributed by atoms with Crippen LogP contribution in [0.2, 0.25) is 0 Å². The van der Waals surface area contributed by atoms with Gasteiger partial charge in [-0.2, -0.15) is 0 Å². The molecule has 1 aromatic rings. The molecule has 0 spiro atoms. The summed E-state index contributed by atoms with van der Waals surface area (Å²) >= 11 is 0. The highest BCUT2D eigenvalue weighted by Gasteiger charge is 2.25. The quantitative estimate of drug-likeness (QED) is 0.889. The van der Waals surface area contributed by atoms with Gasteiger partial charge >= 0.3 is 0 Å². The van der Waals surface area contributed by atoms with E-state index in [1.54, 1.807) is 4.90 Å². The molecule has 1 N–H and O–H groups in total. The number of hydrogen-bond donors (Lipinski definition) is 1. The summed E-state index contributed by atoms with van der Waals surface area (Å²) in [6.45, 7) is 12.7. The zero-order valence-corrected chi connectivity index (χ0v) is 13.2. The average Bonchev–Trinajstić information content (AvgIpc) is 2.38. The molecule has 0 amide bonds. The number of rotatable bonds is 5. The Kier molecular flexibility index (Phi) is 5.44. The molecule has 3 nitrogen and oxygen atoms in total. The first-order chi connectivity index (χ1) is 9.56. The van der Waals surface area contributed by atoms with E-state index in [4.69, 9.17) is 9.47 Å². The van der Waals surface area contributed by atoms with Gasteiger partial charge in [0.1, 0.15) is 44.2 Å². The van der Waals surface area contributed by atoms with Crippen molar-refractivity contribution in [3.63, 3.8) is 0 Å². The van der Waals surface area contributed by atoms with Crippen LogP contribution in [0.15, 0.2) is 24.3 Å². The maximum Gasteiger partial charge on any atom is 0.137 e. The van der Waals surface area contributed by atoms with Gasteiger partial charge in [-0.25, -0.2) is 0 Å². The normalized spacial score (nSPS) is 26.8. The van der Waals surface area contributed by atoms with E-state index in [0.29, 0.717) is 18.1 Å². The lowest BCUT2D eigenvalue weighted by Crippen LogP contribution is -3.16. The third kappa shape index (κ3) is 4.22. The van der Waals surface area contributed by atoms with Gasteiger partial charge in [-0.05, 0) is 31.4 Å². The first-order valence-corrected chi connectivity index (χ1v) is 7.77. The molecule has 0 aliphatic carbocycles. The van der Waals surface area contributed by atoms with Crippen molar-refractivity contribution in [3.05, 3.63) is 29.8 Å². The molecule has 0 bridgehead atoms. The minimum Gasteiger partial charge on any atom is -0.487 e. The van der Waals surface area contributed by atoms with Crippen molar-refractivity contribution < 1.29 is 14.4 Å². The number of ether oxygens (including phenoxy) is 2. The lowest BCUT2D eigenvalue weighted by Gasteiger charge is -2.32. The number of benzene rings is 1. The minimum absolute atomic E-state index is 0.358. The maximum atomic E-state index is 6.01. The zero-order valence-electron chi connectivity index (χ0n) is 13.2. The Hall–Kier alpha value is -1.06. The van der Waals surface area contributed by atoms with Gasteiger partial charge in [-0.3, -0.25) is 0 Å². The van der Waals surface area contributed by atoms with Gasteiger partial charge in [-0.15, -0.1) is 0 Å². The Morgan fingerprint density at radius 3 is 2.50 bits per heavy atom. The zero-order chi connectivity index (χ0) is 14.5. The van der Waals surface area contributed by atoms with Gasteiger partial charge in [0.2, 0.25) is 0 Å². The van der Waals surface area contributed by atoms with E-state index < -0.39 is 0 Å². The second kappa shape index (κ2) is 7.09. The monoisotopic (exact) mass is 278 g/mol. The molecule has 1 unspecified atom stereocenters. The van der Waals surface area contributed by atoms with Gasteiger partial charge < -0.3 is 14.4 Å². The van der Waals surface area contributed by atoms with Crippen LogP contribution in [0.1, 0.15) is 39.2 Å². The number of nitrogens with one attached hydrogen (secondary N) is 1. The predicted octanol–water partition coefficient (Wildman–Crippen LogP) is 1.88. The van der Waals surface area contributed by atoms with Gasteiger partial charge in [0.25, 0.3) is 0 Å². The fourth-order valence-corrected chi connectivity index (χ4v) is 2.99. The summed E-state index contributed by atoms with van der Waals surface area (Å²) in [6, 6.07) is 8.37. The fourth-order valence-electron chi connectivity index (χ4n) is 2.99. The SMILES string of the molecule is CC(C)c1ccccc1OCC[NH+]1C[C@@H](C)O[C@@H](C)C1. The van der Waals surface area contributed by atoms with E-state index in [0.717, 1.165) is 32.0 Å². The molecular weight excluding hydrogens is 250 g/mol. The van der Waals surface area contributed by atoms with E-state index in [9.17, 15) is 0 Å². The number of quaternary nitrogens is 1. The molecule has 0 saturated carbocycles. The molecule has 20 heavy (non-hydrogen) atoms. The van der Waals surface area contributed by atoms with E-state index in [1.807, 2.05) is 6.07 Å². The van der Waals surface area contributed by atoms with Crippen molar-refractivity contribution >= 4 is 0 Å². The molecule has 1 saturated heterocycles. The Labute approximate surface area is 122 Å². The molecule has 1 aliphatic heterocycles. The summed E-state index contributed by atoms with van der Waals surface area (Å²) in [4.78, 5) is 1.58. The number of hydrogen-bond acceptors (Lipinski definition) is 2. The Morgan fingerprint density at radius 1 is 1.20 bits per heavy atom. The largest absolute Gasteiger partial charge is 0.487 e. The number of para-hydroxylation sites is 1. The second-order valence-corrected chi connectivity index (χ2v) is 6.21. The lowest BCUT2D eigenvalue weighted by atomic mass is 10.0. The first-order valence-electron chi connectivity index (χ1n) is 7.77. The van der Waals surface area contributed by atoms with Crippen molar-refractivity contribution in [1.82, 2.24) is 0 Å². The molecule has 3 heteroatoms.